The molecule has 5 heteroatoms. The van der Waals surface area contributed by atoms with Crippen LogP contribution >= 0.6 is 0 Å². The summed E-state index contributed by atoms with van der Waals surface area (Å²) in [6.45, 7) is 0. The summed E-state index contributed by atoms with van der Waals surface area (Å²) in [5, 5.41) is 0.958. The lowest BCUT2D eigenvalue weighted by Gasteiger charge is -2.20. The predicted octanol–water partition coefficient (Wildman–Crippen LogP) is 1.19. The minimum Gasteiger partial charge on any atom is -0.329 e. The van der Waals surface area contributed by atoms with Gasteiger partial charge in [-0.05, 0) is 24.3 Å². The SMILES string of the molecule is CN(C)C(=O)N(N)c1ccc(F)cc1. The van der Waals surface area contributed by atoms with Gasteiger partial charge in [-0.15, -0.1) is 0 Å². The van der Waals surface area contributed by atoms with Crippen molar-refractivity contribution in [2.24, 2.45) is 5.84 Å². The minimum absolute atomic E-state index is 0.362. The van der Waals surface area contributed by atoms with E-state index in [-0.39, 0.29) is 11.8 Å². The van der Waals surface area contributed by atoms with Crippen molar-refractivity contribution in [2.75, 3.05) is 19.1 Å². The van der Waals surface area contributed by atoms with Crippen LogP contribution in [0.1, 0.15) is 0 Å². The molecular formula is C9H12FN3O. The zero-order chi connectivity index (χ0) is 10.7. The molecule has 2 N–H and O–H groups in total. The Balaban J connectivity index is 2.84. The normalized spacial score (nSPS) is 9.71. The third kappa shape index (κ3) is 2.20. The van der Waals surface area contributed by atoms with Gasteiger partial charge in [0, 0.05) is 14.1 Å². The van der Waals surface area contributed by atoms with Crippen molar-refractivity contribution >= 4 is 11.7 Å². The van der Waals surface area contributed by atoms with E-state index in [9.17, 15) is 9.18 Å². The van der Waals surface area contributed by atoms with Gasteiger partial charge >= 0.3 is 6.03 Å². The Labute approximate surface area is 81.7 Å². The number of anilines is 1. The Morgan fingerprint density at radius 2 is 1.79 bits per heavy atom. The van der Waals surface area contributed by atoms with Gasteiger partial charge < -0.3 is 4.90 Å². The third-order valence-corrected chi connectivity index (χ3v) is 1.69. The van der Waals surface area contributed by atoms with Crippen LogP contribution in [0.4, 0.5) is 14.9 Å². The Morgan fingerprint density at radius 1 is 1.29 bits per heavy atom. The lowest BCUT2D eigenvalue weighted by Crippen LogP contribution is -2.44. The highest BCUT2D eigenvalue weighted by molar-refractivity contribution is 5.90. The van der Waals surface area contributed by atoms with Crippen LogP contribution in [0.25, 0.3) is 0 Å². The quantitative estimate of drug-likeness (QED) is 0.417. The van der Waals surface area contributed by atoms with Gasteiger partial charge in [0.15, 0.2) is 0 Å². The summed E-state index contributed by atoms with van der Waals surface area (Å²) >= 11 is 0. The van der Waals surface area contributed by atoms with E-state index in [1.54, 1.807) is 14.1 Å². The molecule has 2 amide bonds. The lowest BCUT2D eigenvalue weighted by atomic mass is 10.3. The Bertz CT molecular complexity index is 323. The zero-order valence-electron chi connectivity index (χ0n) is 8.07. The Hall–Kier alpha value is -1.62. The highest BCUT2D eigenvalue weighted by Gasteiger charge is 2.12. The van der Waals surface area contributed by atoms with Crippen molar-refractivity contribution in [2.45, 2.75) is 0 Å². The summed E-state index contributed by atoms with van der Waals surface area (Å²) < 4.78 is 12.6. The first-order valence-electron chi connectivity index (χ1n) is 4.04. The fourth-order valence-electron chi connectivity index (χ4n) is 0.928. The summed E-state index contributed by atoms with van der Waals surface area (Å²) in [7, 11) is 3.18. The molecule has 1 aromatic carbocycles. The number of hydrazine groups is 1. The number of carbonyl (C=O) groups excluding carboxylic acids is 1. The summed E-state index contributed by atoms with van der Waals surface area (Å²) in [4.78, 5) is 12.7. The zero-order valence-corrected chi connectivity index (χ0v) is 8.07. The van der Waals surface area contributed by atoms with Gasteiger partial charge in [-0.3, -0.25) is 0 Å². The van der Waals surface area contributed by atoms with Crippen molar-refractivity contribution in [3.63, 3.8) is 0 Å². The second-order valence-corrected chi connectivity index (χ2v) is 3.02. The second kappa shape index (κ2) is 4.06. The molecule has 0 aromatic heterocycles. The van der Waals surface area contributed by atoms with Gasteiger partial charge in [0.25, 0.3) is 0 Å². The molecule has 0 aliphatic heterocycles. The highest BCUT2D eigenvalue weighted by Crippen LogP contribution is 2.12. The largest absolute Gasteiger partial charge is 0.338 e. The van der Waals surface area contributed by atoms with Crippen LogP contribution in [0.5, 0.6) is 0 Å². The first kappa shape index (κ1) is 10.5. The first-order valence-corrected chi connectivity index (χ1v) is 4.04. The molecule has 0 atom stereocenters. The molecule has 0 heterocycles. The van der Waals surface area contributed by atoms with E-state index < -0.39 is 0 Å². The van der Waals surface area contributed by atoms with Crippen LogP contribution in [0.15, 0.2) is 24.3 Å². The van der Waals surface area contributed by atoms with Gasteiger partial charge in [-0.1, -0.05) is 0 Å². The van der Waals surface area contributed by atoms with Gasteiger partial charge in [0.1, 0.15) is 5.82 Å². The molecule has 14 heavy (non-hydrogen) atoms. The summed E-state index contributed by atoms with van der Waals surface area (Å²) in [6, 6.07) is 5.01. The molecule has 0 saturated carbocycles. The van der Waals surface area contributed by atoms with Crippen LogP contribution < -0.4 is 10.9 Å². The third-order valence-electron chi connectivity index (χ3n) is 1.69. The average molecular weight is 197 g/mol. The number of rotatable bonds is 1. The summed E-state index contributed by atoms with van der Waals surface area (Å²) in [5.74, 6) is 5.15. The minimum atomic E-state index is -0.364. The first-order chi connectivity index (χ1) is 6.52. The predicted molar refractivity (Wildman–Crippen MR) is 52.1 cm³/mol. The molecule has 1 rings (SSSR count). The monoisotopic (exact) mass is 197 g/mol. The van der Waals surface area contributed by atoms with E-state index in [4.69, 9.17) is 5.84 Å². The van der Waals surface area contributed by atoms with Crippen LogP contribution in [0, 0.1) is 5.82 Å². The van der Waals surface area contributed by atoms with Crippen LogP contribution in [-0.2, 0) is 0 Å². The number of nitrogens with two attached hydrogens (primary N) is 1. The van der Waals surface area contributed by atoms with Gasteiger partial charge in [-0.2, -0.15) is 0 Å². The number of urea groups is 1. The van der Waals surface area contributed by atoms with Crippen LogP contribution in [-0.4, -0.2) is 25.0 Å². The summed E-state index contributed by atoms with van der Waals surface area (Å²) in [6.07, 6.45) is 0. The average Bonchev–Trinajstić information content (AvgIpc) is 2.16. The number of nitrogens with zero attached hydrogens (tertiary/aromatic N) is 2. The smallest absolute Gasteiger partial charge is 0.329 e. The molecule has 4 nitrogen and oxygen atoms in total. The van der Waals surface area contributed by atoms with E-state index in [0.29, 0.717) is 5.69 Å². The van der Waals surface area contributed by atoms with Crippen molar-refractivity contribution in [1.82, 2.24) is 4.90 Å². The molecule has 0 bridgehead atoms. The number of carbonyl (C=O) groups is 1. The van der Waals surface area contributed by atoms with E-state index in [2.05, 4.69) is 0 Å². The maximum absolute atomic E-state index is 12.6. The van der Waals surface area contributed by atoms with Gasteiger partial charge in [-0.25, -0.2) is 20.0 Å². The molecule has 0 spiro atoms. The van der Waals surface area contributed by atoms with Crippen LogP contribution in [0.2, 0.25) is 0 Å². The van der Waals surface area contributed by atoms with E-state index in [0.717, 1.165) is 5.01 Å². The molecule has 0 aliphatic rings. The Kier molecular flexibility index (Phi) is 3.03. The number of hydrogen-bond acceptors (Lipinski definition) is 2. The van der Waals surface area contributed by atoms with Crippen molar-refractivity contribution in [3.8, 4) is 0 Å². The van der Waals surface area contributed by atoms with Crippen LogP contribution in [0.3, 0.4) is 0 Å². The summed E-state index contributed by atoms with van der Waals surface area (Å²) in [5.41, 5.74) is 0.449. The van der Waals surface area contributed by atoms with Crippen molar-refractivity contribution < 1.29 is 9.18 Å². The highest BCUT2D eigenvalue weighted by atomic mass is 19.1. The maximum atomic E-state index is 12.6. The number of amides is 2. The molecule has 76 valence electrons. The topological polar surface area (TPSA) is 49.6 Å². The standard InChI is InChI=1S/C9H12FN3O/c1-12(2)9(14)13(11)8-5-3-7(10)4-6-8/h3-6H,11H2,1-2H3. The van der Waals surface area contributed by atoms with E-state index in [1.807, 2.05) is 0 Å². The van der Waals surface area contributed by atoms with Gasteiger partial charge in [0.2, 0.25) is 0 Å². The molecule has 0 unspecified atom stereocenters. The fourth-order valence-corrected chi connectivity index (χ4v) is 0.928. The fraction of sp³-hybridized carbons (Fsp3) is 0.222. The van der Waals surface area contributed by atoms with E-state index in [1.165, 1.54) is 29.2 Å². The number of benzene rings is 1. The number of hydrogen-bond donors (Lipinski definition) is 1. The number of halogens is 1. The molecule has 0 aliphatic carbocycles. The molecule has 0 fully saturated rings. The lowest BCUT2D eigenvalue weighted by molar-refractivity contribution is 0.224. The maximum Gasteiger partial charge on any atom is 0.338 e. The van der Waals surface area contributed by atoms with Crippen molar-refractivity contribution in [3.05, 3.63) is 30.1 Å². The molecule has 0 radical (unpaired) electrons. The molecule has 1 aromatic rings. The molecule has 0 saturated heterocycles. The Morgan fingerprint density at radius 3 is 2.21 bits per heavy atom. The van der Waals surface area contributed by atoms with Gasteiger partial charge in [0.05, 0.1) is 5.69 Å². The van der Waals surface area contributed by atoms with Crippen molar-refractivity contribution in [1.29, 1.82) is 0 Å². The second-order valence-electron chi connectivity index (χ2n) is 3.02. The molecular weight excluding hydrogens is 185 g/mol. The van der Waals surface area contributed by atoms with E-state index >= 15 is 0 Å².